The largest absolute Gasteiger partial charge is 0.424 e. The van der Waals surface area contributed by atoms with Crippen LogP contribution in [-0.4, -0.2) is 10.2 Å². The molecule has 0 aliphatic carbocycles. The maximum absolute atomic E-state index is 5.29. The zero-order valence-electron chi connectivity index (χ0n) is 9.47. The van der Waals surface area contributed by atoms with E-state index in [9.17, 15) is 0 Å². The molecule has 2 aromatic rings. The van der Waals surface area contributed by atoms with Crippen LogP contribution >= 0.6 is 0 Å². The predicted octanol–water partition coefficient (Wildman–Crippen LogP) is 2.23. The quantitative estimate of drug-likeness (QED) is 0.853. The van der Waals surface area contributed by atoms with Crippen molar-refractivity contribution in [3.8, 4) is 0 Å². The van der Waals surface area contributed by atoms with Crippen molar-refractivity contribution in [2.24, 2.45) is 0 Å². The fraction of sp³-hybridized carbons (Fsp3) is 0.333. The fourth-order valence-electron chi connectivity index (χ4n) is 1.51. The Bertz CT molecular complexity index is 439. The third-order valence-electron chi connectivity index (χ3n) is 2.43. The lowest BCUT2D eigenvalue weighted by Gasteiger charge is -2.12. The second-order valence-corrected chi connectivity index (χ2v) is 3.73. The number of nitrogens with one attached hydrogen (secondary N) is 1. The fourth-order valence-corrected chi connectivity index (χ4v) is 1.51. The van der Waals surface area contributed by atoms with Gasteiger partial charge in [0.15, 0.2) is 0 Å². The van der Waals surface area contributed by atoms with Gasteiger partial charge in [-0.05, 0) is 12.5 Å². The molecule has 4 heteroatoms. The minimum Gasteiger partial charge on any atom is -0.424 e. The first-order valence-electron chi connectivity index (χ1n) is 5.33. The van der Waals surface area contributed by atoms with Gasteiger partial charge in [-0.25, -0.2) is 0 Å². The smallest absolute Gasteiger partial charge is 0.230 e. The summed E-state index contributed by atoms with van der Waals surface area (Å²) in [4.78, 5) is 0. The normalized spacial score (nSPS) is 12.6. The van der Waals surface area contributed by atoms with E-state index in [4.69, 9.17) is 4.42 Å². The third kappa shape index (κ3) is 2.67. The molecule has 0 radical (unpaired) electrons. The van der Waals surface area contributed by atoms with Crippen LogP contribution < -0.4 is 5.32 Å². The first-order valence-corrected chi connectivity index (χ1v) is 5.33. The molecule has 16 heavy (non-hydrogen) atoms. The number of aromatic nitrogens is 2. The Balaban J connectivity index is 1.91. The number of hydrogen-bond acceptors (Lipinski definition) is 4. The molecule has 0 aliphatic rings. The van der Waals surface area contributed by atoms with Crippen LogP contribution in [0.3, 0.4) is 0 Å². The summed E-state index contributed by atoms with van der Waals surface area (Å²) in [5.41, 5.74) is 1.25. The molecule has 1 atom stereocenters. The van der Waals surface area contributed by atoms with Gasteiger partial charge in [0.25, 0.3) is 0 Å². The van der Waals surface area contributed by atoms with Crippen molar-refractivity contribution in [1.29, 1.82) is 0 Å². The van der Waals surface area contributed by atoms with E-state index in [1.165, 1.54) is 5.56 Å². The zero-order valence-corrected chi connectivity index (χ0v) is 9.47. The van der Waals surface area contributed by atoms with Gasteiger partial charge in [-0.15, -0.1) is 10.2 Å². The highest BCUT2D eigenvalue weighted by atomic mass is 16.4. The third-order valence-corrected chi connectivity index (χ3v) is 2.43. The summed E-state index contributed by atoms with van der Waals surface area (Å²) in [5.74, 6) is 1.23. The number of aryl methyl sites for hydroxylation is 1. The zero-order chi connectivity index (χ0) is 11.4. The first-order chi connectivity index (χ1) is 7.75. The molecule has 1 aromatic carbocycles. The second-order valence-electron chi connectivity index (χ2n) is 3.73. The second kappa shape index (κ2) is 4.90. The van der Waals surface area contributed by atoms with Crippen molar-refractivity contribution in [2.45, 2.75) is 26.4 Å². The minimum atomic E-state index is 0.272. The van der Waals surface area contributed by atoms with Gasteiger partial charge in [-0.3, -0.25) is 0 Å². The van der Waals surface area contributed by atoms with E-state index in [0.29, 0.717) is 18.3 Å². The van der Waals surface area contributed by atoms with Crippen molar-refractivity contribution >= 4 is 0 Å². The summed E-state index contributed by atoms with van der Waals surface area (Å²) in [6.07, 6.45) is 0. The van der Waals surface area contributed by atoms with E-state index in [1.807, 2.05) is 18.2 Å². The molecule has 1 unspecified atom stereocenters. The van der Waals surface area contributed by atoms with E-state index < -0.39 is 0 Å². The summed E-state index contributed by atoms with van der Waals surface area (Å²) in [6, 6.07) is 10.5. The molecule has 84 valence electrons. The Labute approximate surface area is 94.7 Å². The Kier molecular flexibility index (Phi) is 3.31. The molecule has 1 heterocycles. The maximum atomic E-state index is 5.29. The van der Waals surface area contributed by atoms with Crippen LogP contribution in [0.15, 0.2) is 34.7 Å². The van der Waals surface area contributed by atoms with Crippen molar-refractivity contribution in [2.75, 3.05) is 0 Å². The van der Waals surface area contributed by atoms with E-state index in [-0.39, 0.29) is 6.04 Å². The van der Waals surface area contributed by atoms with E-state index in [1.54, 1.807) is 6.92 Å². The molecule has 1 N–H and O–H groups in total. The van der Waals surface area contributed by atoms with Crippen LogP contribution in [0, 0.1) is 6.92 Å². The van der Waals surface area contributed by atoms with Gasteiger partial charge in [0.1, 0.15) is 0 Å². The predicted molar refractivity (Wildman–Crippen MR) is 60.7 cm³/mol. The van der Waals surface area contributed by atoms with E-state index >= 15 is 0 Å². The molecule has 0 fully saturated rings. The van der Waals surface area contributed by atoms with Crippen LogP contribution in [0.25, 0.3) is 0 Å². The summed E-state index contributed by atoms with van der Waals surface area (Å²) in [6.45, 7) is 4.49. The maximum Gasteiger partial charge on any atom is 0.230 e. The Morgan fingerprint density at radius 3 is 2.62 bits per heavy atom. The van der Waals surface area contributed by atoms with Gasteiger partial charge >= 0.3 is 0 Å². The SMILES string of the molecule is Cc1nnc(CNC(C)c2ccccc2)o1. The number of hydrogen-bond donors (Lipinski definition) is 1. The Hall–Kier alpha value is -1.68. The Morgan fingerprint density at radius 1 is 1.25 bits per heavy atom. The average Bonchev–Trinajstić information content (AvgIpc) is 2.73. The Morgan fingerprint density at radius 2 is 2.00 bits per heavy atom. The van der Waals surface area contributed by atoms with Gasteiger partial charge in [0, 0.05) is 13.0 Å². The van der Waals surface area contributed by atoms with Crippen LogP contribution in [0.1, 0.15) is 30.3 Å². The minimum absolute atomic E-state index is 0.272. The van der Waals surface area contributed by atoms with Gasteiger partial charge < -0.3 is 9.73 Å². The highest BCUT2D eigenvalue weighted by Gasteiger charge is 2.06. The molecule has 4 nitrogen and oxygen atoms in total. The van der Waals surface area contributed by atoms with Gasteiger partial charge in [0.2, 0.25) is 11.8 Å². The number of rotatable bonds is 4. The molecule has 0 saturated carbocycles. The highest BCUT2D eigenvalue weighted by Crippen LogP contribution is 2.11. The molecular weight excluding hydrogens is 202 g/mol. The van der Waals surface area contributed by atoms with Gasteiger partial charge in [-0.1, -0.05) is 30.3 Å². The van der Waals surface area contributed by atoms with Crippen LogP contribution in [0.4, 0.5) is 0 Å². The molecule has 1 aromatic heterocycles. The first kappa shape index (κ1) is 10.8. The lowest BCUT2D eigenvalue weighted by Crippen LogP contribution is -2.18. The molecule has 2 rings (SSSR count). The van der Waals surface area contributed by atoms with Crippen molar-refractivity contribution in [1.82, 2.24) is 15.5 Å². The van der Waals surface area contributed by atoms with Crippen molar-refractivity contribution in [3.63, 3.8) is 0 Å². The summed E-state index contributed by atoms with van der Waals surface area (Å²) < 4.78 is 5.29. The molecule has 0 amide bonds. The van der Waals surface area contributed by atoms with Crippen molar-refractivity contribution < 1.29 is 4.42 Å². The van der Waals surface area contributed by atoms with Crippen molar-refractivity contribution in [3.05, 3.63) is 47.7 Å². The number of nitrogens with zero attached hydrogens (tertiary/aromatic N) is 2. The highest BCUT2D eigenvalue weighted by molar-refractivity contribution is 5.17. The molecule has 0 saturated heterocycles. The topological polar surface area (TPSA) is 51.0 Å². The van der Waals surface area contributed by atoms with E-state index in [0.717, 1.165) is 0 Å². The standard InChI is InChI=1S/C12H15N3O/c1-9(11-6-4-3-5-7-11)13-8-12-15-14-10(2)16-12/h3-7,9,13H,8H2,1-2H3. The molecular formula is C12H15N3O. The lowest BCUT2D eigenvalue weighted by molar-refractivity contribution is 0.430. The lowest BCUT2D eigenvalue weighted by atomic mass is 10.1. The van der Waals surface area contributed by atoms with Gasteiger partial charge in [-0.2, -0.15) is 0 Å². The van der Waals surface area contributed by atoms with E-state index in [2.05, 4.69) is 34.6 Å². The van der Waals surface area contributed by atoms with Crippen LogP contribution in [-0.2, 0) is 6.54 Å². The molecule has 0 spiro atoms. The molecule has 0 bridgehead atoms. The van der Waals surface area contributed by atoms with Crippen LogP contribution in [0.2, 0.25) is 0 Å². The molecule has 0 aliphatic heterocycles. The average molecular weight is 217 g/mol. The summed E-state index contributed by atoms with van der Waals surface area (Å²) in [7, 11) is 0. The number of benzene rings is 1. The van der Waals surface area contributed by atoms with Gasteiger partial charge in [0.05, 0.1) is 6.54 Å². The monoisotopic (exact) mass is 217 g/mol. The summed E-state index contributed by atoms with van der Waals surface area (Å²) in [5, 5.41) is 11.0. The summed E-state index contributed by atoms with van der Waals surface area (Å²) >= 11 is 0. The van der Waals surface area contributed by atoms with Crippen LogP contribution in [0.5, 0.6) is 0 Å².